The molecule has 1 saturated heterocycles. The minimum absolute atomic E-state index is 0.00493. The Labute approximate surface area is 142 Å². The maximum Gasteiger partial charge on any atom is 0.237 e. The van der Waals surface area contributed by atoms with E-state index < -0.39 is 11.6 Å². The first kappa shape index (κ1) is 18.8. The van der Waals surface area contributed by atoms with E-state index in [4.69, 9.17) is 0 Å². The number of piperidine rings is 1. The van der Waals surface area contributed by atoms with Crippen LogP contribution in [-0.4, -0.2) is 53.6 Å². The molecule has 1 aliphatic heterocycles. The summed E-state index contributed by atoms with van der Waals surface area (Å²) in [5, 5.41) is 9.58. The summed E-state index contributed by atoms with van der Waals surface area (Å²) in [6.45, 7) is 4.92. The first-order valence-corrected chi connectivity index (χ1v) is 8.40. The van der Waals surface area contributed by atoms with Crippen LogP contribution in [0.25, 0.3) is 0 Å². The number of aliphatic hydroxyl groups excluding tert-OH is 1. The number of halogens is 2. The fourth-order valence-electron chi connectivity index (χ4n) is 3.32. The van der Waals surface area contributed by atoms with Crippen molar-refractivity contribution >= 4 is 5.91 Å². The number of nitrogens with zero attached hydrogens (tertiary/aromatic N) is 2. The fraction of sp³-hybridized carbons (Fsp3) is 0.611. The van der Waals surface area contributed by atoms with E-state index in [-0.39, 0.29) is 31.1 Å². The van der Waals surface area contributed by atoms with Crippen molar-refractivity contribution in [1.29, 1.82) is 0 Å². The van der Waals surface area contributed by atoms with Crippen molar-refractivity contribution in [3.05, 3.63) is 35.4 Å². The molecule has 6 heteroatoms. The standard InChI is InChI=1S/C18H26F2N2O2/c1-12-5-4-8-22(17(12)11-23)10-18(24)21(3)13(2)14-6-7-15(19)16(20)9-14/h6-7,9,12-13,17,23H,4-5,8,10-11H2,1-3H3. The second-order valence-corrected chi connectivity index (χ2v) is 6.69. The van der Waals surface area contributed by atoms with Gasteiger partial charge in [0.1, 0.15) is 0 Å². The van der Waals surface area contributed by atoms with Crippen LogP contribution in [0.3, 0.4) is 0 Å². The fourth-order valence-corrected chi connectivity index (χ4v) is 3.32. The summed E-state index contributed by atoms with van der Waals surface area (Å²) in [5.41, 5.74) is 0.551. The number of carbonyl (C=O) groups excluding carboxylic acids is 1. The predicted octanol–water partition coefficient (Wildman–Crippen LogP) is 2.58. The van der Waals surface area contributed by atoms with E-state index in [2.05, 4.69) is 6.92 Å². The first-order chi connectivity index (χ1) is 11.3. The molecule has 0 saturated carbocycles. The number of amides is 1. The maximum absolute atomic E-state index is 13.4. The highest BCUT2D eigenvalue weighted by Crippen LogP contribution is 2.24. The predicted molar refractivity (Wildman–Crippen MR) is 88.4 cm³/mol. The summed E-state index contributed by atoms with van der Waals surface area (Å²) in [6, 6.07) is 3.33. The van der Waals surface area contributed by atoms with Crippen LogP contribution in [-0.2, 0) is 4.79 Å². The van der Waals surface area contributed by atoms with Gasteiger partial charge in [0.15, 0.2) is 11.6 Å². The zero-order chi connectivity index (χ0) is 17.9. The zero-order valence-corrected chi connectivity index (χ0v) is 14.5. The van der Waals surface area contributed by atoms with E-state index in [1.165, 1.54) is 6.07 Å². The molecule has 2 rings (SSSR count). The summed E-state index contributed by atoms with van der Waals surface area (Å²) in [5.74, 6) is -1.55. The lowest BCUT2D eigenvalue weighted by atomic mass is 9.91. The van der Waals surface area contributed by atoms with Gasteiger partial charge in [-0.25, -0.2) is 8.78 Å². The summed E-state index contributed by atoms with van der Waals surface area (Å²) < 4.78 is 26.5. The normalized spacial score (nSPS) is 23.1. The number of carbonyl (C=O) groups is 1. The van der Waals surface area contributed by atoms with E-state index in [0.29, 0.717) is 11.5 Å². The van der Waals surface area contributed by atoms with E-state index in [9.17, 15) is 18.7 Å². The molecule has 0 bridgehead atoms. The number of aliphatic hydroxyl groups is 1. The number of likely N-dealkylation sites (tertiary alicyclic amines) is 1. The Bertz CT molecular complexity index is 582. The molecule has 1 heterocycles. The summed E-state index contributed by atoms with van der Waals surface area (Å²) >= 11 is 0. The molecule has 1 aliphatic rings. The van der Waals surface area contributed by atoms with Gasteiger partial charge in [0.2, 0.25) is 5.91 Å². The minimum atomic E-state index is -0.912. The van der Waals surface area contributed by atoms with Crippen LogP contribution in [0.5, 0.6) is 0 Å². The molecule has 3 atom stereocenters. The van der Waals surface area contributed by atoms with Crippen LogP contribution in [0, 0.1) is 17.6 Å². The number of likely N-dealkylation sites (N-methyl/N-ethyl adjacent to an activating group) is 1. The SMILES string of the molecule is CC1CCCN(CC(=O)N(C)C(C)c2ccc(F)c(F)c2)C1CO. The first-order valence-electron chi connectivity index (χ1n) is 8.40. The molecule has 0 spiro atoms. The molecule has 3 unspecified atom stereocenters. The molecule has 1 amide bonds. The molecule has 0 aliphatic carbocycles. The Morgan fingerprint density at radius 1 is 1.42 bits per heavy atom. The van der Waals surface area contributed by atoms with Gasteiger partial charge in [-0.2, -0.15) is 0 Å². The van der Waals surface area contributed by atoms with Gasteiger partial charge in [0.25, 0.3) is 0 Å². The average molecular weight is 340 g/mol. The number of hydrogen-bond donors (Lipinski definition) is 1. The lowest BCUT2D eigenvalue weighted by molar-refractivity contribution is -0.134. The molecule has 0 aromatic heterocycles. The highest BCUT2D eigenvalue weighted by molar-refractivity contribution is 5.78. The van der Waals surface area contributed by atoms with Gasteiger partial charge in [-0.15, -0.1) is 0 Å². The molecule has 24 heavy (non-hydrogen) atoms. The van der Waals surface area contributed by atoms with E-state index in [1.807, 2.05) is 4.90 Å². The van der Waals surface area contributed by atoms with Crippen LogP contribution >= 0.6 is 0 Å². The Hall–Kier alpha value is -1.53. The zero-order valence-electron chi connectivity index (χ0n) is 14.5. The van der Waals surface area contributed by atoms with Gasteiger partial charge in [-0.1, -0.05) is 13.0 Å². The van der Waals surface area contributed by atoms with Crippen molar-refractivity contribution in [3.63, 3.8) is 0 Å². The van der Waals surface area contributed by atoms with Gasteiger partial charge in [0.05, 0.1) is 19.2 Å². The molecule has 4 nitrogen and oxygen atoms in total. The number of rotatable bonds is 5. The smallest absolute Gasteiger partial charge is 0.237 e. The third-order valence-corrected chi connectivity index (χ3v) is 5.16. The minimum Gasteiger partial charge on any atom is -0.395 e. The molecule has 0 radical (unpaired) electrons. The third-order valence-electron chi connectivity index (χ3n) is 5.16. The molecule has 1 aromatic carbocycles. The van der Waals surface area contributed by atoms with Crippen molar-refractivity contribution in [3.8, 4) is 0 Å². The monoisotopic (exact) mass is 340 g/mol. The quantitative estimate of drug-likeness (QED) is 0.896. The Morgan fingerprint density at radius 2 is 2.12 bits per heavy atom. The molecule has 134 valence electrons. The van der Waals surface area contributed by atoms with E-state index >= 15 is 0 Å². The molecular weight excluding hydrogens is 314 g/mol. The summed E-state index contributed by atoms with van der Waals surface area (Å²) in [7, 11) is 1.66. The average Bonchev–Trinajstić information content (AvgIpc) is 2.56. The molecule has 1 N–H and O–H groups in total. The van der Waals surface area contributed by atoms with E-state index in [1.54, 1.807) is 18.9 Å². The van der Waals surface area contributed by atoms with Gasteiger partial charge in [0, 0.05) is 13.1 Å². The second-order valence-electron chi connectivity index (χ2n) is 6.69. The van der Waals surface area contributed by atoms with Crippen LogP contribution in [0.1, 0.15) is 38.3 Å². The van der Waals surface area contributed by atoms with Crippen LogP contribution in [0.15, 0.2) is 18.2 Å². The van der Waals surface area contributed by atoms with Crippen molar-refractivity contribution in [2.75, 3.05) is 26.7 Å². The van der Waals surface area contributed by atoms with Crippen LogP contribution < -0.4 is 0 Å². The van der Waals surface area contributed by atoms with Gasteiger partial charge < -0.3 is 10.0 Å². The molecule has 1 aromatic rings. The van der Waals surface area contributed by atoms with Crippen molar-refractivity contribution in [1.82, 2.24) is 9.80 Å². The number of benzene rings is 1. The van der Waals surface area contributed by atoms with Gasteiger partial charge >= 0.3 is 0 Å². The lowest BCUT2D eigenvalue weighted by Gasteiger charge is -2.39. The van der Waals surface area contributed by atoms with E-state index in [0.717, 1.165) is 31.5 Å². The largest absolute Gasteiger partial charge is 0.395 e. The van der Waals surface area contributed by atoms with Crippen LogP contribution in [0.2, 0.25) is 0 Å². The maximum atomic E-state index is 13.4. The van der Waals surface area contributed by atoms with Crippen molar-refractivity contribution < 1.29 is 18.7 Å². The van der Waals surface area contributed by atoms with Gasteiger partial charge in [-0.05, 0) is 49.9 Å². The second kappa shape index (κ2) is 8.03. The summed E-state index contributed by atoms with van der Waals surface area (Å²) in [6.07, 6.45) is 2.06. The molecule has 1 fully saturated rings. The summed E-state index contributed by atoms with van der Waals surface area (Å²) in [4.78, 5) is 16.1. The third kappa shape index (κ3) is 4.11. The lowest BCUT2D eigenvalue weighted by Crippen LogP contribution is -2.50. The highest BCUT2D eigenvalue weighted by atomic mass is 19.2. The topological polar surface area (TPSA) is 43.8 Å². The Morgan fingerprint density at radius 3 is 2.75 bits per heavy atom. The number of hydrogen-bond acceptors (Lipinski definition) is 3. The Kier molecular flexibility index (Phi) is 6.29. The van der Waals surface area contributed by atoms with Crippen LogP contribution in [0.4, 0.5) is 8.78 Å². The molecular formula is C18H26F2N2O2. The van der Waals surface area contributed by atoms with Crippen molar-refractivity contribution in [2.24, 2.45) is 5.92 Å². The Balaban J connectivity index is 2.04. The van der Waals surface area contributed by atoms with Crippen molar-refractivity contribution in [2.45, 2.75) is 38.8 Å². The van der Waals surface area contributed by atoms with Gasteiger partial charge in [-0.3, -0.25) is 9.69 Å². The highest BCUT2D eigenvalue weighted by Gasteiger charge is 2.30.